The lowest BCUT2D eigenvalue weighted by Gasteiger charge is -2.34. The summed E-state index contributed by atoms with van der Waals surface area (Å²) in [6.45, 7) is 3.99. The van der Waals surface area contributed by atoms with Crippen LogP contribution in [0.4, 0.5) is 5.82 Å². The van der Waals surface area contributed by atoms with E-state index in [9.17, 15) is 14.4 Å². The average molecular weight is 556 g/mol. The van der Waals surface area contributed by atoms with E-state index in [0.29, 0.717) is 59.9 Å². The van der Waals surface area contributed by atoms with E-state index in [0.717, 1.165) is 18.9 Å². The van der Waals surface area contributed by atoms with Crippen LogP contribution in [-0.4, -0.2) is 107 Å². The van der Waals surface area contributed by atoms with E-state index in [1.54, 1.807) is 29.4 Å². The maximum Gasteiger partial charge on any atom is 0.295 e. The zero-order valence-electron chi connectivity index (χ0n) is 22.6. The van der Waals surface area contributed by atoms with Crippen LogP contribution in [0.15, 0.2) is 55.1 Å². The summed E-state index contributed by atoms with van der Waals surface area (Å²) in [6.07, 6.45) is 6.35. The summed E-state index contributed by atoms with van der Waals surface area (Å²) in [4.78, 5) is 61.6. The highest BCUT2D eigenvalue weighted by Crippen LogP contribution is 2.34. The molecule has 0 spiro atoms. The number of rotatable bonds is 6. The van der Waals surface area contributed by atoms with Gasteiger partial charge in [0.2, 0.25) is 0 Å². The molecule has 3 aromatic heterocycles. The highest BCUT2D eigenvalue weighted by atomic mass is 16.5. The molecule has 0 atom stereocenters. The number of pyridine rings is 1. The minimum atomic E-state index is -0.664. The molecule has 41 heavy (non-hydrogen) atoms. The Morgan fingerprint density at radius 3 is 2.29 bits per heavy atom. The fourth-order valence-corrected chi connectivity index (χ4v) is 5.18. The minimum Gasteiger partial charge on any atom is -0.494 e. The second-order valence-electron chi connectivity index (χ2n) is 9.77. The molecule has 0 aliphatic carbocycles. The zero-order chi connectivity index (χ0) is 28.3. The van der Waals surface area contributed by atoms with Crippen LogP contribution in [-0.2, 0) is 9.53 Å². The Morgan fingerprint density at radius 2 is 1.61 bits per heavy atom. The number of H-pyrrole nitrogens is 1. The van der Waals surface area contributed by atoms with E-state index in [1.807, 2.05) is 18.2 Å². The van der Waals surface area contributed by atoms with Crippen LogP contribution in [0.5, 0.6) is 5.75 Å². The number of piperazine rings is 1. The molecule has 0 unspecified atom stereocenters. The number of amides is 2. The Hall–Kier alpha value is -4.84. The summed E-state index contributed by atoms with van der Waals surface area (Å²) in [5.74, 6) is -0.278. The van der Waals surface area contributed by atoms with E-state index >= 15 is 0 Å². The van der Waals surface area contributed by atoms with E-state index < -0.39 is 11.7 Å². The van der Waals surface area contributed by atoms with Gasteiger partial charge in [0.1, 0.15) is 23.0 Å². The van der Waals surface area contributed by atoms with Crippen LogP contribution < -0.4 is 9.64 Å². The molecule has 2 amide bonds. The van der Waals surface area contributed by atoms with Gasteiger partial charge in [0.05, 0.1) is 55.4 Å². The van der Waals surface area contributed by atoms with Gasteiger partial charge in [-0.2, -0.15) is 0 Å². The van der Waals surface area contributed by atoms with Crippen molar-refractivity contribution in [2.45, 2.75) is 0 Å². The molecule has 0 radical (unpaired) electrons. The molecule has 2 fully saturated rings. The average Bonchev–Trinajstić information content (AvgIpc) is 3.50. The number of carbonyl (C=O) groups is 3. The molecule has 1 aromatic carbocycles. The van der Waals surface area contributed by atoms with Crippen molar-refractivity contribution in [3.05, 3.63) is 66.2 Å². The molecule has 0 saturated carbocycles. The van der Waals surface area contributed by atoms with Gasteiger partial charge in [-0.1, -0.05) is 18.2 Å². The van der Waals surface area contributed by atoms with E-state index in [-0.39, 0.29) is 24.6 Å². The Kier molecular flexibility index (Phi) is 7.30. The lowest BCUT2D eigenvalue weighted by Crippen LogP contribution is -2.52. The van der Waals surface area contributed by atoms with Gasteiger partial charge < -0.3 is 29.2 Å². The van der Waals surface area contributed by atoms with Gasteiger partial charge in [0, 0.05) is 51.0 Å². The third-order valence-electron chi connectivity index (χ3n) is 7.42. The lowest BCUT2D eigenvalue weighted by atomic mass is 10.1. The van der Waals surface area contributed by atoms with Crippen molar-refractivity contribution < 1.29 is 23.9 Å². The first-order valence-electron chi connectivity index (χ1n) is 13.4. The van der Waals surface area contributed by atoms with Crippen LogP contribution in [0.25, 0.3) is 22.3 Å². The Balaban J connectivity index is 1.21. The van der Waals surface area contributed by atoms with Crippen molar-refractivity contribution in [3.63, 3.8) is 0 Å². The Labute approximate surface area is 235 Å². The van der Waals surface area contributed by atoms with Gasteiger partial charge in [-0.3, -0.25) is 14.4 Å². The number of benzene rings is 1. The van der Waals surface area contributed by atoms with Gasteiger partial charge in [-0.05, 0) is 12.1 Å². The number of aromatic amines is 1. The van der Waals surface area contributed by atoms with Gasteiger partial charge >= 0.3 is 0 Å². The van der Waals surface area contributed by atoms with Crippen molar-refractivity contribution in [2.24, 2.45) is 0 Å². The first kappa shape index (κ1) is 26.4. The number of morpholine rings is 1. The summed E-state index contributed by atoms with van der Waals surface area (Å²) < 4.78 is 10.9. The third-order valence-corrected chi connectivity index (χ3v) is 7.42. The molecule has 2 aliphatic heterocycles. The van der Waals surface area contributed by atoms with Crippen molar-refractivity contribution in [1.82, 2.24) is 29.7 Å². The highest BCUT2D eigenvalue weighted by molar-refractivity contribution is 6.45. The first-order valence-corrected chi connectivity index (χ1v) is 13.4. The fourth-order valence-electron chi connectivity index (χ4n) is 5.18. The number of anilines is 1. The molecular weight excluding hydrogens is 526 g/mol. The number of nitrogens with one attached hydrogen (secondary N) is 1. The summed E-state index contributed by atoms with van der Waals surface area (Å²) in [5.41, 5.74) is 2.31. The van der Waals surface area contributed by atoms with Gasteiger partial charge in [0.25, 0.3) is 17.6 Å². The second kappa shape index (κ2) is 11.3. The second-order valence-corrected chi connectivity index (χ2v) is 9.77. The lowest BCUT2D eigenvalue weighted by molar-refractivity contribution is -0.127. The van der Waals surface area contributed by atoms with Crippen LogP contribution in [0, 0.1) is 0 Å². The number of ketones is 1. The fraction of sp³-hybridized carbons (Fsp3) is 0.310. The molecule has 2 aliphatic rings. The summed E-state index contributed by atoms with van der Waals surface area (Å²) in [5, 5.41) is 0.452. The standard InChI is InChI=1S/C29H29N7O5/c1-40-22-17-33-25(21-16-31-23(18-30-21)34-11-13-41-14-12-34)26-24(22)20(15-32-26)27(37)29(39)36-9-7-35(8-10-36)28(38)19-5-3-2-4-6-19/h2-6,15-18,32H,7-14H2,1H3. The maximum atomic E-state index is 13.5. The molecular formula is C29H29N7O5. The SMILES string of the molecule is COc1cnc(-c2cnc(N3CCOCC3)cn2)c2[nH]cc(C(=O)C(=O)N3CCN(C(=O)c4ccccc4)CC3)c12. The smallest absolute Gasteiger partial charge is 0.295 e. The molecule has 210 valence electrons. The topological polar surface area (TPSA) is 134 Å². The molecule has 6 rings (SSSR count). The minimum absolute atomic E-state index is 0.0912. The van der Waals surface area contributed by atoms with Gasteiger partial charge in [-0.15, -0.1) is 0 Å². The molecule has 12 heteroatoms. The first-order chi connectivity index (χ1) is 20.0. The molecule has 4 aromatic rings. The Bertz CT molecular complexity index is 1570. The molecule has 1 N–H and O–H groups in total. The monoisotopic (exact) mass is 555 g/mol. The molecule has 5 heterocycles. The van der Waals surface area contributed by atoms with Gasteiger partial charge in [-0.25, -0.2) is 15.0 Å². The maximum absolute atomic E-state index is 13.5. The zero-order valence-corrected chi connectivity index (χ0v) is 22.6. The molecule has 12 nitrogen and oxygen atoms in total. The number of fused-ring (bicyclic) bond motifs is 1. The summed E-state index contributed by atoms with van der Waals surface area (Å²) in [7, 11) is 1.49. The van der Waals surface area contributed by atoms with E-state index in [1.165, 1.54) is 24.4 Å². The van der Waals surface area contributed by atoms with Crippen molar-refractivity contribution >= 4 is 34.3 Å². The number of Topliss-reactive ketones (excluding diaryl/α,β-unsaturated/α-hetero) is 1. The van der Waals surface area contributed by atoms with Crippen LogP contribution >= 0.6 is 0 Å². The quantitative estimate of drug-likeness (QED) is 0.280. The number of aromatic nitrogens is 4. The summed E-state index contributed by atoms with van der Waals surface area (Å²) >= 11 is 0. The number of hydrogen-bond acceptors (Lipinski definition) is 9. The van der Waals surface area contributed by atoms with Crippen LogP contribution in [0.1, 0.15) is 20.7 Å². The van der Waals surface area contributed by atoms with Crippen molar-refractivity contribution in [2.75, 3.05) is 64.5 Å². The number of ether oxygens (including phenoxy) is 2. The van der Waals surface area contributed by atoms with Crippen LogP contribution in [0.2, 0.25) is 0 Å². The summed E-state index contributed by atoms with van der Waals surface area (Å²) in [6, 6.07) is 9.01. The predicted octanol–water partition coefficient (Wildman–Crippen LogP) is 2.03. The number of carbonyl (C=O) groups excluding carboxylic acids is 3. The van der Waals surface area contributed by atoms with Crippen molar-refractivity contribution in [1.29, 1.82) is 0 Å². The molecule has 0 bridgehead atoms. The Morgan fingerprint density at radius 1 is 0.878 bits per heavy atom. The number of hydrogen-bond donors (Lipinski definition) is 1. The predicted molar refractivity (Wildman–Crippen MR) is 150 cm³/mol. The number of nitrogens with zero attached hydrogens (tertiary/aromatic N) is 6. The van der Waals surface area contributed by atoms with E-state index in [2.05, 4.69) is 24.8 Å². The van der Waals surface area contributed by atoms with Gasteiger partial charge in [0.15, 0.2) is 0 Å². The highest BCUT2D eigenvalue weighted by Gasteiger charge is 2.31. The largest absolute Gasteiger partial charge is 0.494 e. The normalized spacial score (nSPS) is 15.7. The third kappa shape index (κ3) is 5.09. The molecule has 2 saturated heterocycles. The number of methoxy groups -OCH3 is 1. The van der Waals surface area contributed by atoms with Crippen molar-refractivity contribution in [3.8, 4) is 17.1 Å². The van der Waals surface area contributed by atoms with E-state index in [4.69, 9.17) is 9.47 Å². The van der Waals surface area contributed by atoms with Crippen LogP contribution in [0.3, 0.4) is 0 Å².